The van der Waals surface area contributed by atoms with E-state index in [4.69, 9.17) is 5.11 Å². The number of unbranched alkanes of at least 4 members (excludes halogenated alkanes) is 2. The van der Waals surface area contributed by atoms with Crippen molar-refractivity contribution in [3.63, 3.8) is 0 Å². The Morgan fingerprint density at radius 3 is 2.39 bits per heavy atom. The van der Waals surface area contributed by atoms with E-state index in [-0.39, 0.29) is 48.2 Å². The van der Waals surface area contributed by atoms with Crippen LogP contribution in [0.4, 0.5) is 0 Å². The van der Waals surface area contributed by atoms with E-state index >= 15 is 0 Å². The first-order valence-electron chi connectivity index (χ1n) is 6.41. The molecule has 0 radical (unpaired) electrons. The van der Waals surface area contributed by atoms with Gasteiger partial charge in [0, 0.05) is 5.92 Å². The first-order chi connectivity index (χ1) is 7.88. The molecule has 1 aliphatic carbocycles. The summed E-state index contributed by atoms with van der Waals surface area (Å²) in [5.74, 6) is -1.03. The predicted molar refractivity (Wildman–Crippen MR) is 66.7 cm³/mol. The smallest absolute Gasteiger partial charge is 1.00 e. The molecule has 5 heteroatoms. The van der Waals surface area contributed by atoms with Crippen LogP contribution in [0.15, 0.2) is 0 Å². The fourth-order valence-electron chi connectivity index (χ4n) is 2.04. The second kappa shape index (κ2) is 7.51. The van der Waals surface area contributed by atoms with Crippen molar-refractivity contribution in [2.75, 3.05) is 0 Å². The van der Waals surface area contributed by atoms with Crippen LogP contribution in [0.5, 0.6) is 0 Å². The molecule has 2 N–H and O–H groups in total. The summed E-state index contributed by atoms with van der Waals surface area (Å²) in [4.78, 5) is 22.8. The van der Waals surface area contributed by atoms with E-state index in [9.17, 15) is 9.59 Å². The molecule has 1 rings (SSSR count). The van der Waals surface area contributed by atoms with E-state index in [0.717, 1.165) is 25.7 Å². The first kappa shape index (κ1) is 17.9. The van der Waals surface area contributed by atoms with Gasteiger partial charge in [0.25, 0.3) is 0 Å². The molecule has 4 nitrogen and oxygen atoms in total. The number of rotatable bonds is 7. The van der Waals surface area contributed by atoms with E-state index in [1.807, 2.05) is 13.8 Å². The van der Waals surface area contributed by atoms with Crippen LogP contribution in [0.1, 0.15) is 54.3 Å². The van der Waals surface area contributed by atoms with Crippen LogP contribution in [-0.2, 0) is 9.59 Å². The van der Waals surface area contributed by atoms with Gasteiger partial charge in [-0.3, -0.25) is 4.79 Å². The molecule has 18 heavy (non-hydrogen) atoms. The number of aliphatic carboxylic acids is 1. The van der Waals surface area contributed by atoms with Crippen molar-refractivity contribution >= 4 is 11.9 Å². The second-order valence-electron chi connectivity index (χ2n) is 5.64. The first-order valence-corrected chi connectivity index (χ1v) is 6.41. The minimum atomic E-state index is -0.923. The molecule has 0 aromatic carbocycles. The predicted octanol–water partition coefficient (Wildman–Crippen LogP) is -0.701. The summed E-state index contributed by atoms with van der Waals surface area (Å²) >= 11 is 0. The molecule has 0 heterocycles. The molecule has 1 amide bonds. The van der Waals surface area contributed by atoms with E-state index in [0.29, 0.717) is 6.42 Å². The molecular formula is C13H24NNaO3. The number of carbonyl (C=O) groups excluding carboxylic acids is 1. The van der Waals surface area contributed by atoms with Crippen molar-refractivity contribution in [3.05, 3.63) is 0 Å². The Hall–Kier alpha value is -0.0600. The molecule has 0 spiro atoms. The van der Waals surface area contributed by atoms with Crippen LogP contribution in [0.25, 0.3) is 0 Å². The minimum Gasteiger partial charge on any atom is -1.00 e. The van der Waals surface area contributed by atoms with Gasteiger partial charge in [-0.05, 0) is 18.3 Å². The standard InChI is InChI=1S/C13H23NO3.Na.H/c1-4-5-6-7-10(12(16)17)14-11(15)9-8-13(9,2)3;;/h9-10H,4-8H2,1-3H3,(H,14,15)(H,16,17);;/q;+1;-1. The second-order valence-corrected chi connectivity index (χ2v) is 5.64. The Morgan fingerprint density at radius 1 is 1.44 bits per heavy atom. The van der Waals surface area contributed by atoms with E-state index < -0.39 is 12.0 Å². The zero-order valence-corrected chi connectivity index (χ0v) is 14.0. The molecule has 0 aromatic rings. The SMILES string of the molecule is CCCCCC(NC(=O)C1CC1(C)C)C(=O)O.[H-].[Na+]. The third-order valence-corrected chi connectivity index (χ3v) is 3.54. The zero-order chi connectivity index (χ0) is 13.1. The van der Waals surface area contributed by atoms with Crippen LogP contribution in [0.3, 0.4) is 0 Å². The van der Waals surface area contributed by atoms with Crippen LogP contribution in [0, 0.1) is 11.3 Å². The van der Waals surface area contributed by atoms with E-state index in [1.165, 1.54) is 0 Å². The molecule has 0 bridgehead atoms. The van der Waals surface area contributed by atoms with E-state index in [1.54, 1.807) is 0 Å². The quantitative estimate of drug-likeness (QED) is 0.472. The molecule has 2 unspecified atom stereocenters. The van der Waals surface area contributed by atoms with E-state index in [2.05, 4.69) is 12.2 Å². The van der Waals surface area contributed by atoms with Gasteiger partial charge in [-0.25, -0.2) is 4.79 Å². The summed E-state index contributed by atoms with van der Waals surface area (Å²) in [7, 11) is 0. The number of nitrogens with one attached hydrogen (secondary N) is 1. The number of carbonyl (C=O) groups is 2. The van der Waals surface area contributed by atoms with Gasteiger partial charge in [-0.1, -0.05) is 40.0 Å². The van der Waals surface area contributed by atoms with Crippen molar-refractivity contribution < 1.29 is 45.7 Å². The number of hydrogen-bond acceptors (Lipinski definition) is 2. The topological polar surface area (TPSA) is 66.4 Å². The summed E-state index contributed by atoms with van der Waals surface area (Å²) in [6.07, 6.45) is 4.30. The Kier molecular flexibility index (Phi) is 7.48. The minimum absolute atomic E-state index is 0. The molecule has 1 saturated carbocycles. The largest absolute Gasteiger partial charge is 1.00 e. The third-order valence-electron chi connectivity index (χ3n) is 3.54. The summed E-state index contributed by atoms with van der Waals surface area (Å²) in [5, 5.41) is 11.7. The third kappa shape index (κ3) is 5.29. The summed E-state index contributed by atoms with van der Waals surface area (Å²) < 4.78 is 0. The molecule has 100 valence electrons. The molecule has 0 aliphatic heterocycles. The molecule has 1 aliphatic rings. The van der Waals surface area contributed by atoms with Gasteiger partial charge in [0.1, 0.15) is 6.04 Å². The number of carboxylic acids is 1. The monoisotopic (exact) mass is 265 g/mol. The van der Waals surface area contributed by atoms with Crippen LogP contribution < -0.4 is 34.9 Å². The van der Waals surface area contributed by atoms with Gasteiger partial charge in [0.15, 0.2) is 0 Å². The molecular weight excluding hydrogens is 241 g/mol. The van der Waals surface area contributed by atoms with Crippen LogP contribution in [-0.4, -0.2) is 23.0 Å². The number of amides is 1. The number of hydrogen-bond donors (Lipinski definition) is 2. The van der Waals surface area contributed by atoms with Crippen molar-refractivity contribution in [2.24, 2.45) is 11.3 Å². The zero-order valence-electron chi connectivity index (χ0n) is 13.0. The van der Waals surface area contributed by atoms with Crippen LogP contribution in [0.2, 0.25) is 0 Å². The number of carboxylic acid groups (broad SMARTS) is 1. The van der Waals surface area contributed by atoms with Gasteiger partial charge in [-0.2, -0.15) is 0 Å². The Labute approximate surface area is 133 Å². The maximum atomic E-state index is 11.8. The van der Waals surface area contributed by atoms with Crippen molar-refractivity contribution in [1.29, 1.82) is 0 Å². The van der Waals surface area contributed by atoms with Gasteiger partial charge >= 0.3 is 35.5 Å². The Balaban J connectivity index is 0. The fourth-order valence-corrected chi connectivity index (χ4v) is 2.04. The fraction of sp³-hybridized carbons (Fsp3) is 0.846. The van der Waals surface area contributed by atoms with Gasteiger partial charge in [-0.15, -0.1) is 0 Å². The van der Waals surface area contributed by atoms with Crippen molar-refractivity contribution in [2.45, 2.75) is 58.9 Å². The Bertz CT molecular complexity index is 310. The molecule has 0 aromatic heterocycles. The Morgan fingerprint density at radius 2 is 2.00 bits per heavy atom. The van der Waals surface area contributed by atoms with Gasteiger partial charge < -0.3 is 11.8 Å². The maximum Gasteiger partial charge on any atom is 1.00 e. The summed E-state index contributed by atoms with van der Waals surface area (Å²) in [6, 6.07) is -0.717. The van der Waals surface area contributed by atoms with Crippen molar-refractivity contribution in [3.8, 4) is 0 Å². The molecule has 0 saturated heterocycles. The van der Waals surface area contributed by atoms with Crippen LogP contribution >= 0.6 is 0 Å². The normalized spacial score (nSPS) is 21.6. The molecule has 2 atom stereocenters. The summed E-state index contributed by atoms with van der Waals surface area (Å²) in [6.45, 7) is 6.13. The van der Waals surface area contributed by atoms with Gasteiger partial charge in [0.2, 0.25) is 5.91 Å². The average Bonchev–Trinajstić information content (AvgIpc) is 2.86. The maximum absolute atomic E-state index is 11.8. The van der Waals surface area contributed by atoms with Gasteiger partial charge in [0.05, 0.1) is 0 Å². The average molecular weight is 265 g/mol. The van der Waals surface area contributed by atoms with Crippen molar-refractivity contribution in [1.82, 2.24) is 5.32 Å². The molecule has 1 fully saturated rings. The summed E-state index contributed by atoms with van der Waals surface area (Å²) in [5.41, 5.74) is 0.0521.